The largest absolute Gasteiger partial charge is 0.378 e. The molecule has 2 unspecified atom stereocenters. The fourth-order valence-corrected chi connectivity index (χ4v) is 3.16. The standard InChI is InChI=1S/C14H27NO2/c1-13(2)6-4-5-12(9-13)15-10-14(16-3)7-8-17-11-14/h12,15H,4-11H2,1-3H3. The number of rotatable bonds is 4. The van der Waals surface area contributed by atoms with Gasteiger partial charge in [0.1, 0.15) is 5.60 Å². The van der Waals surface area contributed by atoms with Crippen molar-refractivity contribution in [2.24, 2.45) is 5.41 Å². The first-order valence-electron chi connectivity index (χ1n) is 6.92. The first kappa shape index (κ1) is 13.3. The van der Waals surface area contributed by atoms with E-state index in [-0.39, 0.29) is 5.60 Å². The van der Waals surface area contributed by atoms with Gasteiger partial charge in [-0.25, -0.2) is 0 Å². The predicted molar refractivity (Wildman–Crippen MR) is 69.2 cm³/mol. The summed E-state index contributed by atoms with van der Waals surface area (Å²) in [5, 5.41) is 3.71. The Kier molecular flexibility index (Phi) is 4.11. The molecular formula is C14H27NO2. The summed E-state index contributed by atoms with van der Waals surface area (Å²) in [6.45, 7) is 7.28. The minimum absolute atomic E-state index is 0.0679. The van der Waals surface area contributed by atoms with Gasteiger partial charge in [0.05, 0.1) is 6.61 Å². The summed E-state index contributed by atoms with van der Waals surface area (Å²) in [6, 6.07) is 0.659. The molecule has 100 valence electrons. The van der Waals surface area contributed by atoms with Crippen molar-refractivity contribution in [2.45, 2.75) is 57.6 Å². The van der Waals surface area contributed by atoms with Gasteiger partial charge in [-0.2, -0.15) is 0 Å². The van der Waals surface area contributed by atoms with Gasteiger partial charge in [0.25, 0.3) is 0 Å². The molecule has 1 aliphatic carbocycles. The molecule has 0 radical (unpaired) electrons. The van der Waals surface area contributed by atoms with E-state index >= 15 is 0 Å². The molecule has 3 heteroatoms. The van der Waals surface area contributed by atoms with E-state index < -0.39 is 0 Å². The monoisotopic (exact) mass is 241 g/mol. The van der Waals surface area contributed by atoms with Crippen molar-refractivity contribution in [3.05, 3.63) is 0 Å². The van der Waals surface area contributed by atoms with Gasteiger partial charge in [-0.05, 0) is 24.7 Å². The SMILES string of the molecule is COC1(CNC2CCCC(C)(C)C2)CCOC1. The average Bonchev–Trinajstić information content (AvgIpc) is 2.75. The molecule has 1 heterocycles. The zero-order valence-corrected chi connectivity index (χ0v) is 11.6. The molecular weight excluding hydrogens is 214 g/mol. The van der Waals surface area contributed by atoms with Gasteiger partial charge in [-0.1, -0.05) is 20.3 Å². The summed E-state index contributed by atoms with van der Waals surface area (Å²) >= 11 is 0. The smallest absolute Gasteiger partial charge is 0.106 e. The van der Waals surface area contributed by atoms with Gasteiger partial charge in [0.2, 0.25) is 0 Å². The van der Waals surface area contributed by atoms with Crippen molar-refractivity contribution < 1.29 is 9.47 Å². The zero-order chi connectivity index (χ0) is 12.4. The van der Waals surface area contributed by atoms with Crippen molar-refractivity contribution in [1.82, 2.24) is 5.32 Å². The second-order valence-corrected chi connectivity index (χ2v) is 6.53. The van der Waals surface area contributed by atoms with Gasteiger partial charge >= 0.3 is 0 Å². The second-order valence-electron chi connectivity index (χ2n) is 6.53. The summed E-state index contributed by atoms with van der Waals surface area (Å²) in [5.74, 6) is 0. The molecule has 1 aliphatic heterocycles. The van der Waals surface area contributed by atoms with Crippen LogP contribution in [0.15, 0.2) is 0 Å². The Morgan fingerprint density at radius 3 is 2.76 bits per heavy atom. The highest BCUT2D eigenvalue weighted by molar-refractivity contribution is 4.90. The van der Waals surface area contributed by atoms with E-state index in [4.69, 9.17) is 9.47 Å². The lowest BCUT2D eigenvalue weighted by molar-refractivity contribution is -0.0194. The average molecular weight is 241 g/mol. The van der Waals surface area contributed by atoms with Crippen LogP contribution >= 0.6 is 0 Å². The quantitative estimate of drug-likeness (QED) is 0.819. The first-order chi connectivity index (χ1) is 8.05. The Bertz CT molecular complexity index is 247. The van der Waals surface area contributed by atoms with Crippen LogP contribution in [0.4, 0.5) is 0 Å². The normalized spacial score (nSPS) is 37.2. The molecule has 17 heavy (non-hydrogen) atoms. The minimum atomic E-state index is -0.0679. The van der Waals surface area contributed by atoms with E-state index in [1.165, 1.54) is 25.7 Å². The fraction of sp³-hybridized carbons (Fsp3) is 1.00. The van der Waals surface area contributed by atoms with E-state index in [1.807, 2.05) is 0 Å². The van der Waals surface area contributed by atoms with Crippen molar-refractivity contribution in [3.63, 3.8) is 0 Å². The third-order valence-electron chi connectivity index (χ3n) is 4.42. The van der Waals surface area contributed by atoms with Crippen LogP contribution in [0.1, 0.15) is 46.0 Å². The molecule has 1 saturated heterocycles. The predicted octanol–water partition coefficient (Wildman–Crippen LogP) is 2.35. The highest BCUT2D eigenvalue weighted by Crippen LogP contribution is 2.35. The van der Waals surface area contributed by atoms with Crippen LogP contribution in [-0.4, -0.2) is 38.5 Å². The van der Waals surface area contributed by atoms with E-state index in [2.05, 4.69) is 19.2 Å². The molecule has 1 saturated carbocycles. The van der Waals surface area contributed by atoms with Crippen molar-refractivity contribution in [1.29, 1.82) is 0 Å². The van der Waals surface area contributed by atoms with Crippen LogP contribution in [0, 0.1) is 5.41 Å². The molecule has 3 nitrogen and oxygen atoms in total. The van der Waals surface area contributed by atoms with Crippen LogP contribution in [0.2, 0.25) is 0 Å². The first-order valence-corrected chi connectivity index (χ1v) is 6.92. The lowest BCUT2D eigenvalue weighted by Gasteiger charge is -2.37. The molecule has 0 aromatic rings. The summed E-state index contributed by atoms with van der Waals surface area (Å²) in [5.41, 5.74) is 0.434. The van der Waals surface area contributed by atoms with E-state index in [0.29, 0.717) is 11.5 Å². The number of hydrogen-bond acceptors (Lipinski definition) is 3. The third kappa shape index (κ3) is 3.43. The Balaban J connectivity index is 1.81. The van der Waals surface area contributed by atoms with Crippen molar-refractivity contribution >= 4 is 0 Å². The van der Waals surface area contributed by atoms with E-state index in [1.54, 1.807) is 7.11 Å². The lowest BCUT2D eigenvalue weighted by atomic mass is 9.75. The van der Waals surface area contributed by atoms with E-state index in [0.717, 1.165) is 26.2 Å². The van der Waals surface area contributed by atoms with Gasteiger partial charge in [0.15, 0.2) is 0 Å². The molecule has 0 amide bonds. The summed E-state index contributed by atoms with van der Waals surface area (Å²) < 4.78 is 11.1. The molecule has 0 bridgehead atoms. The molecule has 2 rings (SSSR count). The summed E-state index contributed by atoms with van der Waals surface area (Å²) in [7, 11) is 1.81. The summed E-state index contributed by atoms with van der Waals surface area (Å²) in [6.07, 6.45) is 6.33. The van der Waals surface area contributed by atoms with Crippen LogP contribution in [0.5, 0.6) is 0 Å². The molecule has 0 aromatic heterocycles. The Morgan fingerprint density at radius 1 is 1.35 bits per heavy atom. The van der Waals surface area contributed by atoms with Crippen LogP contribution < -0.4 is 5.32 Å². The van der Waals surface area contributed by atoms with Gasteiger partial charge in [-0.3, -0.25) is 0 Å². The number of nitrogens with one attached hydrogen (secondary N) is 1. The number of ether oxygens (including phenoxy) is 2. The maximum absolute atomic E-state index is 5.65. The molecule has 0 spiro atoms. The van der Waals surface area contributed by atoms with Crippen LogP contribution in [0.3, 0.4) is 0 Å². The van der Waals surface area contributed by atoms with Crippen molar-refractivity contribution in [3.8, 4) is 0 Å². The minimum Gasteiger partial charge on any atom is -0.378 e. The molecule has 0 aromatic carbocycles. The van der Waals surface area contributed by atoms with Gasteiger partial charge < -0.3 is 14.8 Å². The topological polar surface area (TPSA) is 30.5 Å². The van der Waals surface area contributed by atoms with Crippen LogP contribution in [0.25, 0.3) is 0 Å². The Morgan fingerprint density at radius 2 is 2.18 bits per heavy atom. The zero-order valence-electron chi connectivity index (χ0n) is 11.6. The number of methoxy groups -OCH3 is 1. The van der Waals surface area contributed by atoms with E-state index in [9.17, 15) is 0 Å². The molecule has 1 N–H and O–H groups in total. The highest BCUT2D eigenvalue weighted by Gasteiger charge is 2.36. The summed E-state index contributed by atoms with van der Waals surface area (Å²) in [4.78, 5) is 0. The van der Waals surface area contributed by atoms with Gasteiger partial charge in [0, 0.05) is 32.7 Å². The third-order valence-corrected chi connectivity index (χ3v) is 4.42. The highest BCUT2D eigenvalue weighted by atomic mass is 16.5. The van der Waals surface area contributed by atoms with Gasteiger partial charge in [-0.15, -0.1) is 0 Å². The maximum atomic E-state index is 5.65. The Hall–Kier alpha value is -0.120. The molecule has 2 atom stereocenters. The number of hydrogen-bond donors (Lipinski definition) is 1. The lowest BCUT2D eigenvalue weighted by Crippen LogP contribution is -2.48. The second kappa shape index (κ2) is 5.25. The van der Waals surface area contributed by atoms with Crippen LogP contribution in [-0.2, 0) is 9.47 Å². The fourth-order valence-electron chi connectivity index (χ4n) is 3.16. The maximum Gasteiger partial charge on any atom is 0.106 e. The Labute approximate surface area is 105 Å². The molecule has 2 fully saturated rings. The molecule has 2 aliphatic rings. The van der Waals surface area contributed by atoms with Crippen molar-refractivity contribution in [2.75, 3.05) is 26.9 Å².